The van der Waals surface area contributed by atoms with Crippen molar-refractivity contribution in [3.05, 3.63) is 35.9 Å². The van der Waals surface area contributed by atoms with E-state index in [0.29, 0.717) is 0 Å². The molecule has 0 saturated heterocycles. The Kier molecular flexibility index (Phi) is 3.46. The third-order valence-electron chi connectivity index (χ3n) is 2.15. The van der Waals surface area contributed by atoms with E-state index in [1.165, 1.54) is 0 Å². The third-order valence-corrected chi connectivity index (χ3v) is 2.15. The second-order valence-corrected chi connectivity index (χ2v) is 3.59. The van der Waals surface area contributed by atoms with Gasteiger partial charge in [-0.15, -0.1) is 0 Å². The lowest BCUT2D eigenvalue weighted by molar-refractivity contribution is -0.00939. The fourth-order valence-electron chi connectivity index (χ4n) is 1.21. The molecule has 0 bridgehead atoms. The van der Waals surface area contributed by atoms with E-state index in [1.807, 2.05) is 44.2 Å². The summed E-state index contributed by atoms with van der Waals surface area (Å²) in [5, 5.41) is 19.3. The molecule has 0 radical (unpaired) electrons. The van der Waals surface area contributed by atoms with Crippen molar-refractivity contribution >= 4 is 0 Å². The van der Waals surface area contributed by atoms with Crippen LogP contribution in [-0.4, -0.2) is 16.3 Å². The van der Waals surface area contributed by atoms with Gasteiger partial charge in [0.05, 0.1) is 6.10 Å². The van der Waals surface area contributed by atoms with Crippen molar-refractivity contribution in [1.82, 2.24) is 0 Å². The first-order valence-corrected chi connectivity index (χ1v) is 4.54. The maximum atomic E-state index is 9.71. The summed E-state index contributed by atoms with van der Waals surface area (Å²) in [7, 11) is 0. The van der Waals surface area contributed by atoms with Crippen molar-refractivity contribution in [3.8, 4) is 0 Å². The smallest absolute Gasteiger partial charge is 0.105 e. The lowest BCUT2D eigenvalue weighted by Gasteiger charge is -2.21. The molecule has 1 aromatic carbocycles. The van der Waals surface area contributed by atoms with Gasteiger partial charge in [0, 0.05) is 0 Å². The Bertz CT molecular complexity index is 244. The average Bonchev–Trinajstić information content (AvgIpc) is 2.17. The minimum Gasteiger partial charge on any atom is -0.390 e. The first kappa shape index (κ1) is 10.2. The van der Waals surface area contributed by atoms with E-state index in [1.54, 1.807) is 0 Å². The third kappa shape index (κ3) is 2.54. The molecule has 0 unspecified atom stereocenters. The van der Waals surface area contributed by atoms with Crippen LogP contribution >= 0.6 is 0 Å². The predicted molar refractivity (Wildman–Crippen MR) is 52.2 cm³/mol. The predicted octanol–water partition coefficient (Wildman–Crippen LogP) is 1.74. The molecule has 72 valence electrons. The van der Waals surface area contributed by atoms with Crippen molar-refractivity contribution < 1.29 is 10.2 Å². The number of rotatable bonds is 3. The summed E-state index contributed by atoms with van der Waals surface area (Å²) in [4.78, 5) is 0. The van der Waals surface area contributed by atoms with E-state index in [-0.39, 0.29) is 5.92 Å². The second-order valence-electron chi connectivity index (χ2n) is 3.59. The molecule has 1 rings (SSSR count). The SMILES string of the molecule is CC(C)[C@H](O)[C@H](O)c1ccccc1. The second kappa shape index (κ2) is 4.40. The molecule has 0 saturated carbocycles. The van der Waals surface area contributed by atoms with Gasteiger partial charge in [-0.3, -0.25) is 0 Å². The van der Waals surface area contributed by atoms with Crippen LogP contribution in [-0.2, 0) is 0 Å². The molecule has 0 aromatic heterocycles. The summed E-state index contributed by atoms with van der Waals surface area (Å²) in [5.74, 6) is 0.0650. The van der Waals surface area contributed by atoms with E-state index < -0.39 is 12.2 Å². The van der Waals surface area contributed by atoms with E-state index in [0.717, 1.165) is 5.56 Å². The zero-order valence-electron chi connectivity index (χ0n) is 8.01. The van der Waals surface area contributed by atoms with Crippen LogP contribution in [0.2, 0.25) is 0 Å². The van der Waals surface area contributed by atoms with Crippen molar-refractivity contribution in [3.63, 3.8) is 0 Å². The number of hydrogen-bond donors (Lipinski definition) is 2. The molecule has 0 fully saturated rings. The molecule has 0 aliphatic carbocycles. The normalized spacial score (nSPS) is 15.8. The number of aliphatic hydroxyl groups is 2. The van der Waals surface area contributed by atoms with Crippen LogP contribution in [0, 0.1) is 5.92 Å². The van der Waals surface area contributed by atoms with Crippen molar-refractivity contribution in [2.45, 2.75) is 26.1 Å². The minimum atomic E-state index is -0.777. The van der Waals surface area contributed by atoms with Crippen LogP contribution in [0.4, 0.5) is 0 Å². The molecule has 0 heterocycles. The molecular weight excluding hydrogens is 164 g/mol. The van der Waals surface area contributed by atoms with Gasteiger partial charge in [-0.2, -0.15) is 0 Å². The number of hydrogen-bond acceptors (Lipinski definition) is 2. The van der Waals surface area contributed by atoms with Crippen LogP contribution in [0.3, 0.4) is 0 Å². The molecule has 0 aliphatic rings. The summed E-state index contributed by atoms with van der Waals surface area (Å²) in [6.07, 6.45) is -1.47. The van der Waals surface area contributed by atoms with Gasteiger partial charge in [0.2, 0.25) is 0 Å². The molecule has 13 heavy (non-hydrogen) atoms. The van der Waals surface area contributed by atoms with Crippen LogP contribution in [0.5, 0.6) is 0 Å². The zero-order chi connectivity index (χ0) is 9.84. The van der Waals surface area contributed by atoms with E-state index in [2.05, 4.69) is 0 Å². The Hall–Kier alpha value is -0.860. The highest BCUT2D eigenvalue weighted by molar-refractivity contribution is 5.18. The van der Waals surface area contributed by atoms with Gasteiger partial charge in [0.1, 0.15) is 6.10 Å². The molecular formula is C11H16O2. The van der Waals surface area contributed by atoms with Gasteiger partial charge in [0.25, 0.3) is 0 Å². The maximum Gasteiger partial charge on any atom is 0.105 e. The Morgan fingerprint density at radius 1 is 1.00 bits per heavy atom. The van der Waals surface area contributed by atoms with Crippen LogP contribution in [0.15, 0.2) is 30.3 Å². The van der Waals surface area contributed by atoms with Crippen LogP contribution < -0.4 is 0 Å². The number of aliphatic hydroxyl groups excluding tert-OH is 2. The monoisotopic (exact) mass is 180 g/mol. The fourth-order valence-corrected chi connectivity index (χ4v) is 1.21. The van der Waals surface area contributed by atoms with E-state index >= 15 is 0 Å². The molecule has 0 spiro atoms. The Morgan fingerprint density at radius 3 is 2.00 bits per heavy atom. The lowest BCUT2D eigenvalue weighted by atomic mass is 9.96. The van der Waals surface area contributed by atoms with Crippen molar-refractivity contribution in [2.24, 2.45) is 5.92 Å². The van der Waals surface area contributed by atoms with Gasteiger partial charge >= 0.3 is 0 Å². The molecule has 2 nitrogen and oxygen atoms in total. The van der Waals surface area contributed by atoms with E-state index in [9.17, 15) is 10.2 Å². The van der Waals surface area contributed by atoms with Gasteiger partial charge < -0.3 is 10.2 Å². The Labute approximate surface area is 78.8 Å². The molecule has 0 amide bonds. The highest BCUT2D eigenvalue weighted by Crippen LogP contribution is 2.20. The lowest BCUT2D eigenvalue weighted by Crippen LogP contribution is -2.23. The molecule has 2 N–H and O–H groups in total. The summed E-state index contributed by atoms with van der Waals surface area (Å²) < 4.78 is 0. The van der Waals surface area contributed by atoms with Crippen molar-refractivity contribution in [1.29, 1.82) is 0 Å². The Balaban J connectivity index is 2.73. The van der Waals surface area contributed by atoms with Gasteiger partial charge in [-0.1, -0.05) is 44.2 Å². The standard InChI is InChI=1S/C11H16O2/c1-8(2)10(12)11(13)9-6-4-3-5-7-9/h3-8,10-13H,1-2H3/t10-,11+/m0/s1. The first-order valence-electron chi connectivity index (χ1n) is 4.54. The maximum absolute atomic E-state index is 9.71. The van der Waals surface area contributed by atoms with Crippen molar-refractivity contribution in [2.75, 3.05) is 0 Å². The fraction of sp³-hybridized carbons (Fsp3) is 0.455. The van der Waals surface area contributed by atoms with Gasteiger partial charge in [0.15, 0.2) is 0 Å². The molecule has 2 atom stereocenters. The summed E-state index contributed by atoms with van der Waals surface area (Å²) >= 11 is 0. The highest BCUT2D eigenvalue weighted by Gasteiger charge is 2.20. The first-order chi connectivity index (χ1) is 6.13. The number of benzene rings is 1. The zero-order valence-corrected chi connectivity index (χ0v) is 8.01. The molecule has 2 heteroatoms. The molecule has 1 aromatic rings. The van der Waals surface area contributed by atoms with Crippen LogP contribution in [0.25, 0.3) is 0 Å². The highest BCUT2D eigenvalue weighted by atomic mass is 16.3. The van der Waals surface area contributed by atoms with Crippen LogP contribution in [0.1, 0.15) is 25.5 Å². The largest absolute Gasteiger partial charge is 0.390 e. The Morgan fingerprint density at radius 2 is 1.54 bits per heavy atom. The van der Waals surface area contributed by atoms with E-state index in [4.69, 9.17) is 0 Å². The topological polar surface area (TPSA) is 40.5 Å². The van der Waals surface area contributed by atoms with Gasteiger partial charge in [-0.25, -0.2) is 0 Å². The summed E-state index contributed by atoms with van der Waals surface area (Å²) in [6, 6.07) is 9.22. The molecule has 0 aliphatic heterocycles. The average molecular weight is 180 g/mol. The van der Waals surface area contributed by atoms with Gasteiger partial charge in [-0.05, 0) is 11.5 Å². The minimum absolute atomic E-state index is 0.0650. The summed E-state index contributed by atoms with van der Waals surface area (Å²) in [5.41, 5.74) is 0.767. The summed E-state index contributed by atoms with van der Waals surface area (Å²) in [6.45, 7) is 3.77. The quantitative estimate of drug-likeness (QED) is 0.743.